The minimum absolute atomic E-state index is 0.236. The molecule has 0 spiro atoms. The van der Waals surface area contributed by atoms with Crippen LogP contribution in [0.5, 0.6) is 0 Å². The van der Waals surface area contributed by atoms with Crippen molar-refractivity contribution in [1.29, 1.82) is 0 Å². The predicted octanol–water partition coefficient (Wildman–Crippen LogP) is 7.75. The molecule has 0 aromatic heterocycles. The highest BCUT2D eigenvalue weighted by Crippen LogP contribution is 2.58. The summed E-state index contributed by atoms with van der Waals surface area (Å²) in [6.07, 6.45) is 1.95. The van der Waals surface area contributed by atoms with Crippen molar-refractivity contribution in [2.75, 3.05) is 6.61 Å². The van der Waals surface area contributed by atoms with Crippen molar-refractivity contribution in [2.45, 2.75) is 51.5 Å². The molecule has 4 rings (SSSR count). The van der Waals surface area contributed by atoms with E-state index in [1.54, 1.807) is 0 Å². The van der Waals surface area contributed by atoms with Crippen LogP contribution in [-0.2, 0) is 17.0 Å². The smallest absolute Gasteiger partial charge is 0.191 e. The molecule has 0 saturated heterocycles. The molecule has 186 valence electrons. The maximum Gasteiger partial charge on any atom is 0.191 e. The molecule has 0 aliphatic rings. The normalized spacial score (nSPS) is 12.5. The van der Waals surface area contributed by atoms with Crippen molar-refractivity contribution >= 4 is 31.5 Å². The van der Waals surface area contributed by atoms with Crippen molar-refractivity contribution in [3.05, 3.63) is 126 Å². The Bertz CT molecular complexity index is 1130. The van der Waals surface area contributed by atoms with Gasteiger partial charge in [0.1, 0.15) is 23.2 Å². The number of hydrogen-bond donors (Lipinski definition) is 0. The lowest BCUT2D eigenvalue weighted by Gasteiger charge is -2.36. The average molecular weight is 512 g/mol. The molecule has 0 atom stereocenters. The summed E-state index contributed by atoms with van der Waals surface area (Å²) < 4.78 is 6.49. The Balaban J connectivity index is 1.70. The van der Waals surface area contributed by atoms with Gasteiger partial charge < -0.3 is 4.43 Å². The fourth-order valence-corrected chi connectivity index (χ4v) is 9.84. The molecule has 0 radical (unpaired) electrons. The van der Waals surface area contributed by atoms with E-state index in [4.69, 9.17) is 4.43 Å². The first-order chi connectivity index (χ1) is 17.2. The molecule has 0 fully saturated rings. The van der Waals surface area contributed by atoms with Crippen molar-refractivity contribution in [3.63, 3.8) is 0 Å². The van der Waals surface area contributed by atoms with E-state index < -0.39 is 15.6 Å². The zero-order valence-corrected chi connectivity index (χ0v) is 24.3. The highest BCUT2D eigenvalue weighted by Gasteiger charge is 2.45. The Kier molecular flexibility index (Phi) is 8.30. The van der Waals surface area contributed by atoms with E-state index in [0.717, 1.165) is 19.2 Å². The lowest BCUT2D eigenvalue weighted by Crippen LogP contribution is -2.41. The highest BCUT2D eigenvalue weighted by molar-refractivity contribution is 7.95. The second-order valence-corrected chi connectivity index (χ2v) is 19.4. The lowest BCUT2D eigenvalue weighted by molar-refractivity contribution is 0.292. The maximum absolute atomic E-state index is 6.49. The third-order valence-electron chi connectivity index (χ3n) is 7.66. The van der Waals surface area contributed by atoms with Gasteiger partial charge in [-0.3, -0.25) is 0 Å². The average Bonchev–Trinajstić information content (AvgIpc) is 2.88. The quantitative estimate of drug-likeness (QED) is 0.165. The highest BCUT2D eigenvalue weighted by atomic mass is 31.2. The van der Waals surface area contributed by atoms with E-state index in [9.17, 15) is 0 Å². The second kappa shape index (κ2) is 11.3. The Hall–Kier alpha value is -2.51. The summed E-state index contributed by atoms with van der Waals surface area (Å²) in [5.41, 5.74) is 2.75. The summed E-state index contributed by atoms with van der Waals surface area (Å²) in [6, 6.07) is 42.6. The van der Waals surface area contributed by atoms with Crippen LogP contribution in [0, 0.1) is 0 Å². The molecule has 3 heteroatoms. The molecule has 1 nitrogen and oxygen atoms in total. The number of hydrogen-bond acceptors (Lipinski definition) is 1. The fraction of sp³-hybridized carbons (Fsp3) is 0.273. The molecule has 36 heavy (non-hydrogen) atoms. The van der Waals surface area contributed by atoms with Gasteiger partial charge in [0, 0.05) is 6.61 Å². The first-order valence-electron chi connectivity index (χ1n) is 13.0. The summed E-state index contributed by atoms with van der Waals surface area (Å²) in [7, 11) is -3.63. The molecule has 4 aromatic carbocycles. The van der Waals surface area contributed by atoms with Gasteiger partial charge in [-0.05, 0) is 72.1 Å². The fourth-order valence-electron chi connectivity index (χ4n) is 4.57. The molecule has 0 bridgehead atoms. The van der Waals surface area contributed by atoms with Gasteiger partial charge in [0.25, 0.3) is 0 Å². The Morgan fingerprint density at radius 1 is 0.611 bits per heavy atom. The first-order valence-corrected chi connectivity index (χ1v) is 17.9. The van der Waals surface area contributed by atoms with Gasteiger partial charge in [0.05, 0.1) is 6.16 Å². The van der Waals surface area contributed by atoms with Gasteiger partial charge in [-0.1, -0.05) is 99.6 Å². The van der Waals surface area contributed by atoms with Gasteiger partial charge in [0.2, 0.25) is 0 Å². The zero-order chi connectivity index (χ0) is 25.7. The van der Waals surface area contributed by atoms with E-state index in [0.29, 0.717) is 0 Å². The summed E-state index contributed by atoms with van der Waals surface area (Å²) >= 11 is 0. The van der Waals surface area contributed by atoms with Gasteiger partial charge in [-0.2, -0.15) is 0 Å². The van der Waals surface area contributed by atoms with E-state index in [-0.39, 0.29) is 5.04 Å². The largest absolute Gasteiger partial charge is 0.416 e. The van der Waals surface area contributed by atoms with Crippen LogP contribution in [0.25, 0.3) is 0 Å². The van der Waals surface area contributed by atoms with Crippen LogP contribution < -0.4 is 15.9 Å². The molecule has 0 heterocycles. The summed E-state index contributed by atoms with van der Waals surface area (Å²) in [4.78, 5) is 0. The Labute approximate surface area is 220 Å². The molecule has 4 aromatic rings. The van der Waals surface area contributed by atoms with E-state index in [2.05, 4.69) is 149 Å². The molecule has 0 aliphatic carbocycles. The van der Waals surface area contributed by atoms with Crippen molar-refractivity contribution < 1.29 is 4.43 Å². The predicted molar refractivity (Wildman–Crippen MR) is 162 cm³/mol. The second-order valence-electron chi connectivity index (χ2n) is 11.2. The van der Waals surface area contributed by atoms with Gasteiger partial charge >= 0.3 is 0 Å². The summed E-state index contributed by atoms with van der Waals surface area (Å²) in [5.74, 6) is 0. The Morgan fingerprint density at radius 3 is 1.50 bits per heavy atom. The van der Waals surface area contributed by atoms with Crippen LogP contribution in [-0.4, -0.2) is 14.9 Å². The third-order valence-corrected chi connectivity index (χ3v) is 16.6. The van der Waals surface area contributed by atoms with Gasteiger partial charge in [-0.25, -0.2) is 0 Å². The van der Waals surface area contributed by atoms with Crippen molar-refractivity contribution in [2.24, 2.45) is 0 Å². The minimum Gasteiger partial charge on any atom is -0.416 e. The first kappa shape index (κ1) is 26.5. The molecular formula is C33H40OPSi+. The molecule has 0 amide bonds. The van der Waals surface area contributed by atoms with Crippen molar-refractivity contribution in [3.8, 4) is 0 Å². The van der Waals surface area contributed by atoms with Crippen LogP contribution in [0.15, 0.2) is 115 Å². The zero-order valence-electron chi connectivity index (χ0n) is 22.4. The molecule has 0 aliphatic heterocycles. The molecule has 0 N–H and O–H groups in total. The maximum atomic E-state index is 6.49. The van der Waals surface area contributed by atoms with E-state index in [1.807, 2.05) is 0 Å². The summed E-state index contributed by atoms with van der Waals surface area (Å²) in [6.45, 7) is 12.4. The standard InChI is InChI=1S/C33H40OPSi/c1-33(2,3)36(4,5)34-25-24-28-16-15-17-29(26-28)27-35(30-18-9-6-10-19-30,31-20-11-7-12-21-31)32-22-13-8-14-23-32/h6-23,26H,24-25,27H2,1-5H3/q+1. The van der Waals surface area contributed by atoms with E-state index in [1.165, 1.54) is 27.0 Å². The van der Waals surface area contributed by atoms with E-state index >= 15 is 0 Å². The van der Waals surface area contributed by atoms with Gasteiger partial charge in [0.15, 0.2) is 8.32 Å². The molecule has 0 saturated carbocycles. The number of rotatable bonds is 9. The summed E-state index contributed by atoms with van der Waals surface area (Å²) in [5, 5.41) is 4.51. The molecular weight excluding hydrogens is 471 g/mol. The van der Waals surface area contributed by atoms with Gasteiger partial charge in [-0.15, -0.1) is 0 Å². The van der Waals surface area contributed by atoms with Crippen LogP contribution in [0.2, 0.25) is 18.1 Å². The SMILES string of the molecule is CC(C)(C)[Si](C)(C)OCCc1cccc(C[P+](c2ccccc2)(c2ccccc2)c2ccccc2)c1. The van der Waals surface area contributed by atoms with Crippen LogP contribution >= 0.6 is 7.26 Å². The van der Waals surface area contributed by atoms with Crippen LogP contribution in [0.1, 0.15) is 31.9 Å². The Morgan fingerprint density at radius 2 is 1.06 bits per heavy atom. The van der Waals surface area contributed by atoms with Crippen molar-refractivity contribution in [1.82, 2.24) is 0 Å². The minimum atomic E-state index is -1.89. The monoisotopic (exact) mass is 511 g/mol. The van der Waals surface area contributed by atoms with Crippen LogP contribution in [0.3, 0.4) is 0 Å². The lowest BCUT2D eigenvalue weighted by atomic mass is 10.1. The topological polar surface area (TPSA) is 9.23 Å². The molecule has 0 unspecified atom stereocenters. The third kappa shape index (κ3) is 5.89. The van der Waals surface area contributed by atoms with Crippen LogP contribution in [0.4, 0.5) is 0 Å². The number of benzene rings is 4.